The summed E-state index contributed by atoms with van der Waals surface area (Å²) in [5.41, 5.74) is 2.82. The molecule has 0 bridgehead atoms. The molecule has 2 aromatic rings. The predicted octanol–water partition coefficient (Wildman–Crippen LogP) is 5.27. The van der Waals surface area contributed by atoms with E-state index in [1.165, 1.54) is 37.1 Å². The summed E-state index contributed by atoms with van der Waals surface area (Å²) in [5.74, 6) is 0. The lowest BCUT2D eigenvalue weighted by atomic mass is 9.65. The second kappa shape index (κ2) is 11.3. The fraction of sp³-hybridized carbons (Fsp3) is 0.455. The van der Waals surface area contributed by atoms with Gasteiger partial charge in [0.15, 0.2) is 0 Å². The van der Waals surface area contributed by atoms with Crippen molar-refractivity contribution in [1.82, 2.24) is 9.62 Å². The number of nitrogens with zero attached hydrogens (tertiary/aromatic N) is 2. The number of unbranched alkanes of at least 4 members (excludes halogenated alkanes) is 1. The van der Waals surface area contributed by atoms with Crippen LogP contribution in [0, 0.1) is 0 Å². The molecule has 0 fully saturated rings. The van der Waals surface area contributed by atoms with Crippen LogP contribution in [0.1, 0.15) is 24.0 Å². The summed E-state index contributed by atoms with van der Waals surface area (Å²) in [6.07, 6.45) is 2.51. The average molecular weight is 348 g/mol. The molecule has 2 nitrogen and oxygen atoms in total. The molecule has 138 valence electrons. The summed E-state index contributed by atoms with van der Waals surface area (Å²) in [7, 11) is 0. The van der Waals surface area contributed by atoms with Crippen molar-refractivity contribution in [2.75, 3.05) is 13.1 Å². The molecule has 26 heavy (non-hydrogen) atoms. The van der Waals surface area contributed by atoms with E-state index < -0.39 is 0 Å². The fourth-order valence-corrected chi connectivity index (χ4v) is 3.31. The molecule has 0 unspecified atom stereocenters. The molecule has 0 spiro atoms. The van der Waals surface area contributed by atoms with Gasteiger partial charge in [-0.05, 0) is 37.1 Å². The van der Waals surface area contributed by atoms with Gasteiger partial charge in [0, 0.05) is 13.1 Å². The van der Waals surface area contributed by atoms with Gasteiger partial charge >= 0.3 is 0 Å². The van der Waals surface area contributed by atoms with E-state index in [2.05, 4.69) is 97.6 Å². The van der Waals surface area contributed by atoms with E-state index in [4.69, 9.17) is 0 Å². The second-order valence-corrected chi connectivity index (χ2v) is 7.81. The third-order valence-electron chi connectivity index (χ3n) is 5.06. The molecule has 0 amide bonds. The maximum absolute atomic E-state index is 2.59. The lowest BCUT2D eigenvalue weighted by Gasteiger charge is -2.27. The van der Waals surface area contributed by atoms with Crippen LogP contribution in [-0.4, -0.2) is 36.4 Å². The first-order valence-electron chi connectivity index (χ1n) is 10.1. The molecule has 0 saturated carbocycles. The zero-order valence-electron chi connectivity index (χ0n) is 17.1. The van der Waals surface area contributed by atoms with Gasteiger partial charge in [0.2, 0.25) is 13.7 Å². The number of hydrogen-bond donors (Lipinski definition) is 0. The highest BCUT2D eigenvalue weighted by atomic mass is 15.1. The van der Waals surface area contributed by atoms with Crippen molar-refractivity contribution in [2.24, 2.45) is 0 Å². The molecule has 2 aromatic carbocycles. The van der Waals surface area contributed by atoms with E-state index in [0.717, 1.165) is 13.1 Å². The monoisotopic (exact) mass is 348 g/mol. The third-order valence-corrected chi connectivity index (χ3v) is 5.06. The van der Waals surface area contributed by atoms with Crippen molar-refractivity contribution in [2.45, 2.75) is 53.2 Å². The standard InChI is InChI=1S/C22H34B2N2/c1-23(2)25(19-21-13-7-5-8-14-21)17-11-12-18-26(24(3)4)20-22-15-9-6-10-16-22/h5-10,13-16H,11-12,17-20H2,1-4H3. The van der Waals surface area contributed by atoms with Gasteiger partial charge in [-0.15, -0.1) is 0 Å². The van der Waals surface area contributed by atoms with E-state index in [-0.39, 0.29) is 0 Å². The van der Waals surface area contributed by atoms with Gasteiger partial charge in [-0.1, -0.05) is 88.0 Å². The highest BCUT2D eigenvalue weighted by molar-refractivity contribution is 6.52. The van der Waals surface area contributed by atoms with Crippen molar-refractivity contribution in [3.8, 4) is 0 Å². The zero-order valence-corrected chi connectivity index (χ0v) is 17.1. The molecule has 0 saturated heterocycles. The van der Waals surface area contributed by atoms with Crippen molar-refractivity contribution >= 4 is 13.7 Å². The summed E-state index contributed by atoms with van der Waals surface area (Å²) in [6.45, 7) is 14.8. The predicted molar refractivity (Wildman–Crippen MR) is 118 cm³/mol. The van der Waals surface area contributed by atoms with Crippen molar-refractivity contribution in [3.63, 3.8) is 0 Å². The van der Waals surface area contributed by atoms with Gasteiger partial charge in [-0.2, -0.15) is 0 Å². The second-order valence-electron chi connectivity index (χ2n) is 7.81. The summed E-state index contributed by atoms with van der Waals surface area (Å²) >= 11 is 0. The van der Waals surface area contributed by atoms with Crippen LogP contribution in [0.15, 0.2) is 60.7 Å². The maximum atomic E-state index is 2.59. The van der Waals surface area contributed by atoms with Crippen LogP contribution in [0.25, 0.3) is 0 Å². The molecule has 0 aliphatic heterocycles. The molecule has 4 heteroatoms. The first kappa shape index (κ1) is 20.8. The van der Waals surface area contributed by atoms with Gasteiger partial charge in [-0.3, -0.25) is 0 Å². The summed E-state index contributed by atoms with van der Waals surface area (Å²) < 4.78 is 0. The van der Waals surface area contributed by atoms with E-state index in [9.17, 15) is 0 Å². The molecule has 0 heterocycles. The Hall–Kier alpha value is -1.51. The number of benzene rings is 2. The molecular weight excluding hydrogens is 314 g/mol. The lowest BCUT2D eigenvalue weighted by molar-refractivity contribution is 0.374. The van der Waals surface area contributed by atoms with Gasteiger partial charge < -0.3 is 9.62 Å². The Morgan fingerprint density at radius 1 is 0.577 bits per heavy atom. The topological polar surface area (TPSA) is 6.48 Å². The molecule has 0 aliphatic carbocycles. The highest BCUT2D eigenvalue weighted by Crippen LogP contribution is 2.11. The minimum atomic E-state index is 0.584. The first-order chi connectivity index (χ1) is 12.6. The zero-order chi connectivity index (χ0) is 18.8. The normalized spacial score (nSPS) is 11.2. The molecule has 0 atom stereocenters. The smallest absolute Gasteiger partial charge is 0.217 e. The van der Waals surface area contributed by atoms with E-state index in [1.54, 1.807) is 0 Å². The fourth-order valence-electron chi connectivity index (χ4n) is 3.31. The maximum Gasteiger partial charge on any atom is 0.217 e. The largest absolute Gasteiger partial charge is 0.339 e. The average Bonchev–Trinajstić information content (AvgIpc) is 2.64. The van der Waals surface area contributed by atoms with Gasteiger partial charge in [-0.25, -0.2) is 0 Å². The Morgan fingerprint density at radius 2 is 0.923 bits per heavy atom. The highest BCUT2D eigenvalue weighted by Gasteiger charge is 2.15. The molecular formula is C22H34B2N2. The van der Waals surface area contributed by atoms with E-state index in [1.807, 2.05) is 0 Å². The van der Waals surface area contributed by atoms with E-state index >= 15 is 0 Å². The molecule has 0 aromatic heterocycles. The Labute approximate surface area is 161 Å². The quantitative estimate of drug-likeness (QED) is 0.403. The van der Waals surface area contributed by atoms with Crippen LogP contribution in [-0.2, 0) is 13.1 Å². The summed E-state index contributed by atoms with van der Waals surface area (Å²) in [4.78, 5) is 5.18. The minimum absolute atomic E-state index is 0.584. The number of hydrogen-bond acceptors (Lipinski definition) is 2. The van der Waals surface area contributed by atoms with Crippen molar-refractivity contribution in [3.05, 3.63) is 71.8 Å². The van der Waals surface area contributed by atoms with E-state index in [0.29, 0.717) is 13.7 Å². The Balaban J connectivity index is 1.78. The van der Waals surface area contributed by atoms with Crippen LogP contribution in [0.5, 0.6) is 0 Å². The molecule has 0 N–H and O–H groups in total. The van der Waals surface area contributed by atoms with Crippen LogP contribution in [0.4, 0.5) is 0 Å². The van der Waals surface area contributed by atoms with Crippen molar-refractivity contribution < 1.29 is 0 Å². The first-order valence-corrected chi connectivity index (χ1v) is 10.1. The summed E-state index contributed by atoms with van der Waals surface area (Å²) in [5, 5.41) is 0. The van der Waals surface area contributed by atoms with Crippen LogP contribution >= 0.6 is 0 Å². The lowest BCUT2D eigenvalue weighted by Crippen LogP contribution is -2.37. The molecule has 0 aliphatic rings. The molecule has 0 radical (unpaired) electrons. The van der Waals surface area contributed by atoms with Crippen LogP contribution in [0.2, 0.25) is 27.3 Å². The van der Waals surface area contributed by atoms with Crippen LogP contribution in [0.3, 0.4) is 0 Å². The number of rotatable bonds is 11. The Kier molecular flexibility index (Phi) is 9.00. The van der Waals surface area contributed by atoms with Gasteiger partial charge in [0.1, 0.15) is 0 Å². The summed E-state index contributed by atoms with van der Waals surface area (Å²) in [6, 6.07) is 21.7. The Bertz CT molecular complexity index is 547. The third kappa shape index (κ3) is 7.39. The van der Waals surface area contributed by atoms with Gasteiger partial charge in [0.25, 0.3) is 0 Å². The Morgan fingerprint density at radius 3 is 1.23 bits per heavy atom. The van der Waals surface area contributed by atoms with Crippen LogP contribution < -0.4 is 0 Å². The minimum Gasteiger partial charge on any atom is -0.339 e. The SMILES string of the molecule is CB(C)N(CCCCN(Cc1ccccc1)B(C)C)Cc1ccccc1. The van der Waals surface area contributed by atoms with Gasteiger partial charge in [0.05, 0.1) is 0 Å². The van der Waals surface area contributed by atoms with Crippen molar-refractivity contribution in [1.29, 1.82) is 0 Å². The molecule has 2 rings (SSSR count).